The van der Waals surface area contributed by atoms with Crippen LogP contribution in [0.25, 0.3) is 0 Å². The van der Waals surface area contributed by atoms with Crippen molar-refractivity contribution in [2.45, 2.75) is 75.2 Å². The number of halogens is 1. The summed E-state index contributed by atoms with van der Waals surface area (Å²) in [5.41, 5.74) is -1.76. The molecule has 4 nitrogen and oxygen atoms in total. The Labute approximate surface area is 138 Å². The van der Waals surface area contributed by atoms with Gasteiger partial charge in [-0.1, -0.05) is 0 Å². The van der Waals surface area contributed by atoms with Crippen LogP contribution < -0.4 is 0 Å². The molecular formula is C18H29FN2O2. The van der Waals surface area contributed by atoms with Gasteiger partial charge >= 0.3 is 0 Å². The number of alkyl halides is 1. The van der Waals surface area contributed by atoms with Gasteiger partial charge in [0.05, 0.1) is 11.7 Å². The Morgan fingerprint density at radius 2 is 1.83 bits per heavy atom. The van der Waals surface area contributed by atoms with E-state index in [4.69, 9.17) is 4.74 Å². The van der Waals surface area contributed by atoms with Crippen molar-refractivity contribution in [3.05, 3.63) is 0 Å². The first kappa shape index (κ1) is 15.8. The number of ether oxygens (including phenoxy) is 1. The fourth-order valence-corrected chi connectivity index (χ4v) is 4.81. The molecule has 3 heterocycles. The number of carbonyl (C=O) groups excluding carboxylic acids is 1. The molecule has 1 amide bonds. The number of nitrogens with zero attached hydrogens (tertiary/aromatic N) is 2. The van der Waals surface area contributed by atoms with Crippen molar-refractivity contribution in [2.24, 2.45) is 0 Å². The van der Waals surface area contributed by atoms with Crippen LogP contribution in [0.1, 0.15) is 57.8 Å². The molecule has 0 unspecified atom stereocenters. The maximum absolute atomic E-state index is 14.4. The largest absolute Gasteiger partial charge is 0.369 e. The maximum atomic E-state index is 14.4. The minimum atomic E-state index is -1.56. The highest BCUT2D eigenvalue weighted by atomic mass is 19.1. The minimum absolute atomic E-state index is 0.196. The second kappa shape index (κ2) is 5.99. The fraction of sp³-hybridized carbons (Fsp3) is 0.944. The van der Waals surface area contributed by atoms with Crippen molar-refractivity contribution in [2.75, 3.05) is 32.7 Å². The zero-order chi connectivity index (χ0) is 15.9. The van der Waals surface area contributed by atoms with Crippen LogP contribution in [0.3, 0.4) is 0 Å². The molecule has 0 aromatic carbocycles. The highest BCUT2D eigenvalue weighted by Crippen LogP contribution is 2.42. The standard InChI is InChI=1S/C18H29FN2O2/c19-18(7-4-8-18)16(22)21-12-9-17(14-21)6-3-5-15(23-17)13-20-10-1-2-11-20/h15H,1-14H2/t15-,17-/m1/s1. The summed E-state index contributed by atoms with van der Waals surface area (Å²) in [6, 6.07) is 0. The molecule has 0 bridgehead atoms. The van der Waals surface area contributed by atoms with Gasteiger partial charge in [-0.25, -0.2) is 4.39 Å². The molecule has 0 aromatic rings. The van der Waals surface area contributed by atoms with Gasteiger partial charge in [-0.3, -0.25) is 4.79 Å². The van der Waals surface area contributed by atoms with Crippen molar-refractivity contribution in [1.82, 2.24) is 9.80 Å². The van der Waals surface area contributed by atoms with E-state index in [0.29, 0.717) is 32.0 Å². The molecule has 23 heavy (non-hydrogen) atoms. The normalized spacial score (nSPS) is 37.3. The number of hydrogen-bond acceptors (Lipinski definition) is 3. The molecule has 4 fully saturated rings. The third-order valence-corrected chi connectivity index (χ3v) is 6.37. The Balaban J connectivity index is 1.35. The van der Waals surface area contributed by atoms with Crippen molar-refractivity contribution in [1.29, 1.82) is 0 Å². The summed E-state index contributed by atoms with van der Waals surface area (Å²) in [5.74, 6) is -0.272. The number of likely N-dealkylation sites (tertiary alicyclic amines) is 2. The summed E-state index contributed by atoms with van der Waals surface area (Å²) in [6.45, 7) is 4.70. The van der Waals surface area contributed by atoms with Crippen molar-refractivity contribution >= 4 is 5.91 Å². The zero-order valence-corrected chi connectivity index (χ0v) is 14.1. The van der Waals surface area contributed by atoms with Gasteiger partial charge in [0, 0.05) is 19.6 Å². The number of rotatable bonds is 3. The Bertz CT molecular complexity index is 462. The lowest BCUT2D eigenvalue weighted by molar-refractivity contribution is -0.154. The summed E-state index contributed by atoms with van der Waals surface area (Å²) in [5, 5.41) is 0. The molecular weight excluding hydrogens is 295 g/mol. The summed E-state index contributed by atoms with van der Waals surface area (Å²) in [7, 11) is 0. The average Bonchev–Trinajstić information content (AvgIpc) is 3.15. The molecule has 1 spiro atoms. The molecule has 4 aliphatic rings. The lowest BCUT2D eigenvalue weighted by atomic mass is 9.81. The van der Waals surface area contributed by atoms with Crippen molar-refractivity contribution in [3.8, 4) is 0 Å². The van der Waals surface area contributed by atoms with Gasteiger partial charge < -0.3 is 14.5 Å². The van der Waals surface area contributed by atoms with Crippen LogP contribution in [0.5, 0.6) is 0 Å². The topological polar surface area (TPSA) is 32.8 Å². The van der Waals surface area contributed by atoms with E-state index in [9.17, 15) is 9.18 Å². The van der Waals surface area contributed by atoms with Crippen LogP contribution in [-0.4, -0.2) is 65.8 Å². The van der Waals surface area contributed by atoms with Crippen LogP contribution >= 0.6 is 0 Å². The van der Waals surface area contributed by atoms with Crippen LogP contribution in [0.15, 0.2) is 0 Å². The molecule has 3 aliphatic heterocycles. The third-order valence-electron chi connectivity index (χ3n) is 6.37. The zero-order valence-electron chi connectivity index (χ0n) is 14.1. The highest BCUT2D eigenvalue weighted by Gasteiger charge is 2.51. The Kier molecular flexibility index (Phi) is 4.12. The van der Waals surface area contributed by atoms with Crippen LogP contribution in [-0.2, 0) is 9.53 Å². The number of amides is 1. The van der Waals surface area contributed by atoms with Gasteiger partial charge in [0.25, 0.3) is 5.91 Å². The van der Waals surface area contributed by atoms with Gasteiger partial charge in [0.15, 0.2) is 5.67 Å². The smallest absolute Gasteiger partial charge is 0.260 e. The molecule has 1 aliphatic carbocycles. The van der Waals surface area contributed by atoms with E-state index >= 15 is 0 Å². The Hall–Kier alpha value is -0.680. The summed E-state index contributed by atoms with van der Waals surface area (Å²) >= 11 is 0. The molecule has 5 heteroatoms. The Morgan fingerprint density at radius 3 is 2.52 bits per heavy atom. The first-order valence-corrected chi connectivity index (χ1v) is 9.47. The van der Waals surface area contributed by atoms with Crippen molar-refractivity contribution < 1.29 is 13.9 Å². The van der Waals surface area contributed by atoms with Gasteiger partial charge in [0.1, 0.15) is 0 Å². The predicted molar refractivity (Wildman–Crippen MR) is 86.0 cm³/mol. The summed E-state index contributed by atoms with van der Waals surface area (Å²) in [6.07, 6.45) is 8.76. The van der Waals surface area contributed by atoms with Gasteiger partial charge in [-0.2, -0.15) is 0 Å². The Morgan fingerprint density at radius 1 is 1.04 bits per heavy atom. The SMILES string of the molecule is O=C(N1CC[C@]2(CCC[C@H](CN3CCCC3)O2)C1)C1(F)CCC1. The fourth-order valence-electron chi connectivity index (χ4n) is 4.81. The molecule has 0 radical (unpaired) electrons. The molecule has 3 saturated heterocycles. The average molecular weight is 324 g/mol. The lowest BCUT2D eigenvalue weighted by Crippen LogP contribution is -2.52. The molecule has 4 rings (SSSR count). The highest BCUT2D eigenvalue weighted by molar-refractivity contribution is 5.86. The van der Waals surface area contributed by atoms with Crippen LogP contribution in [0.2, 0.25) is 0 Å². The first-order valence-electron chi connectivity index (χ1n) is 9.47. The molecule has 0 N–H and O–H groups in total. The van der Waals surface area contributed by atoms with Crippen LogP contribution in [0.4, 0.5) is 4.39 Å². The number of hydrogen-bond donors (Lipinski definition) is 0. The molecule has 2 atom stereocenters. The number of carbonyl (C=O) groups is 1. The van der Waals surface area contributed by atoms with E-state index < -0.39 is 5.67 Å². The molecule has 0 aromatic heterocycles. The third kappa shape index (κ3) is 3.02. The van der Waals surface area contributed by atoms with E-state index in [1.54, 1.807) is 4.90 Å². The first-order chi connectivity index (χ1) is 11.1. The van der Waals surface area contributed by atoms with Gasteiger partial charge in [0.2, 0.25) is 0 Å². The summed E-state index contributed by atoms with van der Waals surface area (Å²) in [4.78, 5) is 16.7. The predicted octanol–water partition coefficient (Wildman–Crippen LogP) is 2.51. The quantitative estimate of drug-likeness (QED) is 0.800. The van der Waals surface area contributed by atoms with E-state index in [1.807, 2.05) is 0 Å². The van der Waals surface area contributed by atoms with E-state index in [2.05, 4.69) is 4.90 Å². The molecule has 1 saturated carbocycles. The molecule has 130 valence electrons. The van der Waals surface area contributed by atoms with E-state index in [-0.39, 0.29) is 11.5 Å². The van der Waals surface area contributed by atoms with Crippen molar-refractivity contribution in [3.63, 3.8) is 0 Å². The summed E-state index contributed by atoms with van der Waals surface area (Å²) < 4.78 is 20.9. The van der Waals surface area contributed by atoms with E-state index in [1.165, 1.54) is 32.4 Å². The second-order valence-electron chi connectivity index (χ2n) is 8.12. The van der Waals surface area contributed by atoms with Gasteiger partial charge in [-0.05, 0) is 70.9 Å². The monoisotopic (exact) mass is 324 g/mol. The van der Waals surface area contributed by atoms with Crippen LogP contribution in [0, 0.1) is 0 Å². The van der Waals surface area contributed by atoms with Gasteiger partial charge in [-0.15, -0.1) is 0 Å². The minimum Gasteiger partial charge on any atom is -0.369 e. The maximum Gasteiger partial charge on any atom is 0.260 e. The lowest BCUT2D eigenvalue weighted by Gasteiger charge is -2.41. The van der Waals surface area contributed by atoms with E-state index in [0.717, 1.165) is 32.2 Å². The second-order valence-corrected chi connectivity index (χ2v) is 8.12.